The van der Waals surface area contributed by atoms with Gasteiger partial charge in [-0.15, -0.1) is 23.1 Å². The van der Waals surface area contributed by atoms with E-state index in [1.54, 1.807) is 6.20 Å². The Morgan fingerprint density at radius 2 is 2.23 bits per heavy atom. The van der Waals surface area contributed by atoms with E-state index in [1.807, 2.05) is 12.3 Å². The summed E-state index contributed by atoms with van der Waals surface area (Å²) in [5.74, 6) is -2.63. The topological polar surface area (TPSA) is 114 Å². The molecular formula is C16H19N2NaO5S2. The number of hydrogen-bond donors (Lipinski definition) is 2. The first-order valence-corrected chi connectivity index (χ1v) is 9.75. The van der Waals surface area contributed by atoms with Crippen LogP contribution in [0.15, 0.2) is 22.2 Å². The van der Waals surface area contributed by atoms with Gasteiger partial charge in [-0.05, 0) is 6.92 Å². The summed E-state index contributed by atoms with van der Waals surface area (Å²) in [6, 6.07) is -0.373. The van der Waals surface area contributed by atoms with Crippen molar-refractivity contribution in [3.05, 3.63) is 27.2 Å². The van der Waals surface area contributed by atoms with E-state index < -0.39 is 18.0 Å². The Hall–Kier alpha value is -0.420. The third-order valence-corrected chi connectivity index (χ3v) is 6.95. The van der Waals surface area contributed by atoms with Crippen LogP contribution < -0.4 is 34.7 Å². The minimum atomic E-state index is -1.40. The van der Waals surface area contributed by atoms with E-state index in [9.17, 15) is 24.9 Å². The van der Waals surface area contributed by atoms with E-state index in [-0.39, 0.29) is 65.0 Å². The summed E-state index contributed by atoms with van der Waals surface area (Å²) >= 11 is 2.73. The Labute approximate surface area is 181 Å². The molecule has 10 heteroatoms. The zero-order chi connectivity index (χ0) is 18.3. The molecule has 7 nitrogen and oxygen atoms in total. The molecule has 136 valence electrons. The van der Waals surface area contributed by atoms with Gasteiger partial charge in [0.25, 0.3) is 0 Å². The van der Waals surface area contributed by atoms with Crippen molar-refractivity contribution in [2.24, 2.45) is 11.8 Å². The maximum absolute atomic E-state index is 12.3. The molecule has 0 bridgehead atoms. The van der Waals surface area contributed by atoms with Crippen LogP contribution >= 0.6 is 23.1 Å². The third kappa shape index (κ3) is 3.76. The smallest absolute Gasteiger partial charge is 0.543 e. The molecule has 2 aliphatic heterocycles. The number of carbonyl (C=O) groups excluding carboxylic acids is 2. The van der Waals surface area contributed by atoms with E-state index in [1.165, 1.54) is 34.9 Å². The van der Waals surface area contributed by atoms with E-state index >= 15 is 0 Å². The summed E-state index contributed by atoms with van der Waals surface area (Å²) in [5, 5.41) is 33.6. The first-order chi connectivity index (χ1) is 11.9. The number of fused-ring (bicyclic) bond motifs is 1. The van der Waals surface area contributed by atoms with Gasteiger partial charge in [0, 0.05) is 34.1 Å². The van der Waals surface area contributed by atoms with Crippen molar-refractivity contribution < 1.29 is 54.5 Å². The number of hydrogen-bond acceptors (Lipinski definition) is 8. The fourth-order valence-corrected chi connectivity index (χ4v) is 5.67. The summed E-state index contributed by atoms with van der Waals surface area (Å²) < 4.78 is 0. The van der Waals surface area contributed by atoms with E-state index in [4.69, 9.17) is 0 Å². The summed E-state index contributed by atoms with van der Waals surface area (Å²) in [6.07, 6.45) is 1.35. The number of carboxylic acids is 1. The van der Waals surface area contributed by atoms with Crippen molar-refractivity contribution in [2.75, 3.05) is 6.61 Å². The summed E-state index contributed by atoms with van der Waals surface area (Å²) in [5.41, 5.74) is -0.123. The molecule has 1 fully saturated rings. The second-order valence-corrected chi connectivity index (χ2v) is 8.63. The first-order valence-electron chi connectivity index (χ1n) is 7.99. The Morgan fingerprint density at radius 1 is 1.54 bits per heavy atom. The predicted molar refractivity (Wildman–Crippen MR) is 91.3 cm³/mol. The van der Waals surface area contributed by atoms with Crippen molar-refractivity contribution in [1.82, 2.24) is 9.88 Å². The molecule has 0 radical (unpaired) electrons. The van der Waals surface area contributed by atoms with Crippen LogP contribution in [0.5, 0.6) is 0 Å². The van der Waals surface area contributed by atoms with Crippen LogP contribution in [0.3, 0.4) is 0 Å². The number of aromatic nitrogens is 1. The van der Waals surface area contributed by atoms with Gasteiger partial charge in [0.05, 0.1) is 41.3 Å². The molecular weight excluding hydrogens is 387 g/mol. The van der Waals surface area contributed by atoms with Gasteiger partial charge in [-0.2, -0.15) is 0 Å². The molecule has 0 aromatic carbocycles. The molecule has 2 aliphatic rings. The van der Waals surface area contributed by atoms with Crippen molar-refractivity contribution in [1.29, 1.82) is 0 Å². The van der Waals surface area contributed by atoms with Crippen LogP contribution in [0, 0.1) is 11.8 Å². The number of thiazole rings is 1. The normalized spacial score (nSPS) is 26.8. The maximum atomic E-state index is 12.3. The molecule has 0 spiro atoms. The Balaban J connectivity index is 0.00000243. The molecule has 0 aliphatic carbocycles. The number of β-lactam (4-membered cyclic amide) rings is 1. The fraction of sp³-hybridized carbons (Fsp3) is 0.562. The van der Waals surface area contributed by atoms with Gasteiger partial charge in [-0.25, -0.2) is 4.98 Å². The molecule has 2 N–H and O–H groups in total. The Bertz CT molecular complexity index is 710. The second-order valence-electron chi connectivity index (χ2n) is 6.31. The number of aliphatic hydroxyl groups excluding tert-OH is 2. The number of thioether (sulfide) groups is 1. The van der Waals surface area contributed by atoms with E-state index in [0.717, 1.165) is 5.01 Å². The van der Waals surface area contributed by atoms with Crippen LogP contribution in [0.4, 0.5) is 0 Å². The van der Waals surface area contributed by atoms with Gasteiger partial charge in [-0.1, -0.05) is 6.92 Å². The number of carbonyl (C=O) groups is 2. The van der Waals surface area contributed by atoms with Crippen LogP contribution in [-0.2, 0) is 16.0 Å². The molecule has 3 heterocycles. The van der Waals surface area contributed by atoms with Crippen LogP contribution in [0.2, 0.25) is 0 Å². The first kappa shape index (κ1) is 21.9. The Morgan fingerprint density at radius 3 is 2.73 bits per heavy atom. The summed E-state index contributed by atoms with van der Waals surface area (Å²) in [7, 11) is 0. The summed E-state index contributed by atoms with van der Waals surface area (Å²) in [6.45, 7) is 3.24. The minimum Gasteiger partial charge on any atom is -0.543 e. The molecule has 0 saturated carbocycles. The number of aliphatic hydroxyl groups is 2. The fourth-order valence-electron chi connectivity index (χ4n) is 3.54. The third-order valence-electron chi connectivity index (χ3n) is 4.68. The zero-order valence-electron chi connectivity index (χ0n) is 14.8. The maximum Gasteiger partial charge on any atom is 1.00 e. The summed E-state index contributed by atoms with van der Waals surface area (Å²) in [4.78, 5) is 29.9. The SMILES string of the molecule is C[C@@H](O)[C@H]1C(=O)N2C(C(=O)[O-])=C(SC(CO)Cc3nccs3)[C@H](C)[C@H]12.[Na+]. The van der Waals surface area contributed by atoms with Gasteiger partial charge in [-0.3, -0.25) is 4.79 Å². The van der Waals surface area contributed by atoms with Crippen molar-refractivity contribution >= 4 is 35.0 Å². The number of nitrogens with zero attached hydrogens (tertiary/aromatic N) is 2. The molecule has 5 atom stereocenters. The Kier molecular flexibility index (Phi) is 7.34. The molecule has 1 saturated heterocycles. The molecule has 1 aromatic heterocycles. The largest absolute Gasteiger partial charge is 1.00 e. The minimum absolute atomic E-state index is 0. The van der Waals surface area contributed by atoms with Gasteiger partial charge in [0.2, 0.25) is 5.91 Å². The van der Waals surface area contributed by atoms with Crippen LogP contribution in [0.25, 0.3) is 0 Å². The second kappa shape index (κ2) is 8.72. The van der Waals surface area contributed by atoms with Gasteiger partial charge < -0.3 is 25.0 Å². The van der Waals surface area contributed by atoms with Gasteiger partial charge >= 0.3 is 29.6 Å². The number of amides is 1. The van der Waals surface area contributed by atoms with Crippen molar-refractivity contribution in [3.8, 4) is 0 Å². The van der Waals surface area contributed by atoms with Gasteiger partial charge in [0.15, 0.2) is 0 Å². The van der Waals surface area contributed by atoms with E-state index in [0.29, 0.717) is 11.3 Å². The van der Waals surface area contributed by atoms with Crippen molar-refractivity contribution in [2.45, 2.75) is 37.7 Å². The van der Waals surface area contributed by atoms with Crippen LogP contribution in [-0.4, -0.2) is 56.0 Å². The standard InChI is InChI=1S/C16H20N2O5S2.Na/c1-7-12-11(8(2)20)15(21)18(12)13(16(22)23)14(7)25-9(6-19)5-10-17-3-4-24-10;/h3-4,7-9,11-12,19-20H,5-6H2,1-2H3,(H,22,23);/q;+1/p-1/t7-,8-,9?,11-,12-;/m1./s1. The number of rotatable bonds is 7. The number of carboxylic acid groups (broad SMARTS) is 1. The predicted octanol–water partition coefficient (Wildman–Crippen LogP) is -3.40. The molecule has 1 aromatic rings. The molecule has 3 rings (SSSR count). The van der Waals surface area contributed by atoms with Gasteiger partial charge in [0.1, 0.15) is 0 Å². The average Bonchev–Trinajstić information content (AvgIpc) is 3.12. The average molecular weight is 406 g/mol. The molecule has 1 unspecified atom stereocenters. The zero-order valence-corrected chi connectivity index (χ0v) is 18.4. The molecule has 1 amide bonds. The van der Waals surface area contributed by atoms with Crippen LogP contribution in [0.1, 0.15) is 18.9 Å². The number of aliphatic carboxylic acids is 1. The van der Waals surface area contributed by atoms with E-state index in [2.05, 4.69) is 4.98 Å². The quantitative estimate of drug-likeness (QED) is 0.358. The monoisotopic (exact) mass is 406 g/mol. The molecule has 26 heavy (non-hydrogen) atoms. The van der Waals surface area contributed by atoms with Crippen molar-refractivity contribution in [3.63, 3.8) is 0 Å².